The topological polar surface area (TPSA) is 32.3 Å². The van der Waals surface area contributed by atoms with Crippen molar-refractivity contribution in [3.8, 4) is 0 Å². The predicted octanol–water partition coefficient (Wildman–Crippen LogP) is 3.24. The summed E-state index contributed by atoms with van der Waals surface area (Å²) in [7, 11) is 0. The van der Waals surface area contributed by atoms with Gasteiger partial charge in [0.15, 0.2) is 11.6 Å². The van der Waals surface area contributed by atoms with Gasteiger partial charge in [0.25, 0.3) is 0 Å². The Hall–Kier alpha value is -1.30. The molecule has 0 aliphatic carbocycles. The van der Waals surface area contributed by atoms with Crippen LogP contribution in [-0.4, -0.2) is 11.1 Å². The molecule has 1 heterocycles. The lowest BCUT2D eigenvalue weighted by Crippen LogP contribution is -2.31. The lowest BCUT2D eigenvalue weighted by Gasteiger charge is -2.20. The van der Waals surface area contributed by atoms with Crippen molar-refractivity contribution in [3.05, 3.63) is 57.8 Å². The number of benzene rings is 1. The summed E-state index contributed by atoms with van der Waals surface area (Å²) >= 11 is 1.61. The van der Waals surface area contributed by atoms with Crippen molar-refractivity contribution < 1.29 is 13.9 Å². The first-order valence-corrected chi connectivity index (χ1v) is 6.89. The van der Waals surface area contributed by atoms with Gasteiger partial charge in [-0.25, -0.2) is 8.78 Å². The van der Waals surface area contributed by atoms with E-state index in [0.717, 1.165) is 17.7 Å². The average molecular weight is 283 g/mol. The number of hydrogen-bond acceptors (Lipinski definition) is 3. The van der Waals surface area contributed by atoms with E-state index in [-0.39, 0.29) is 6.04 Å². The largest absolute Gasteiger partial charge is 0.387 e. The van der Waals surface area contributed by atoms with Crippen LogP contribution in [0.25, 0.3) is 0 Å². The fourth-order valence-electron chi connectivity index (χ4n) is 1.77. The van der Waals surface area contributed by atoms with Crippen LogP contribution in [0.3, 0.4) is 0 Å². The molecule has 0 radical (unpaired) electrons. The molecule has 0 saturated heterocycles. The summed E-state index contributed by atoms with van der Waals surface area (Å²) in [5, 5.41) is 17.2. The van der Waals surface area contributed by atoms with E-state index in [1.165, 1.54) is 6.07 Å². The van der Waals surface area contributed by atoms with E-state index in [1.54, 1.807) is 18.3 Å². The third kappa shape index (κ3) is 3.59. The Balaban J connectivity index is 1.97. The molecular formula is C14H15F2NOS. The van der Waals surface area contributed by atoms with Crippen molar-refractivity contribution in [1.29, 1.82) is 0 Å². The average Bonchev–Trinajstić information content (AvgIpc) is 2.91. The van der Waals surface area contributed by atoms with Crippen LogP contribution < -0.4 is 5.32 Å². The Kier molecular flexibility index (Phi) is 4.63. The molecule has 102 valence electrons. The van der Waals surface area contributed by atoms with E-state index >= 15 is 0 Å². The van der Waals surface area contributed by atoms with E-state index in [2.05, 4.69) is 5.32 Å². The van der Waals surface area contributed by atoms with E-state index in [9.17, 15) is 13.9 Å². The van der Waals surface area contributed by atoms with Crippen molar-refractivity contribution in [2.75, 3.05) is 0 Å². The van der Waals surface area contributed by atoms with Gasteiger partial charge in [0.1, 0.15) is 0 Å². The monoisotopic (exact) mass is 283 g/mol. The fourth-order valence-corrected chi connectivity index (χ4v) is 2.44. The second-order valence-electron chi connectivity index (χ2n) is 4.42. The van der Waals surface area contributed by atoms with Crippen molar-refractivity contribution in [3.63, 3.8) is 0 Å². The van der Waals surface area contributed by atoms with Gasteiger partial charge in [-0.3, -0.25) is 0 Å². The zero-order valence-corrected chi connectivity index (χ0v) is 11.3. The van der Waals surface area contributed by atoms with Gasteiger partial charge in [-0.2, -0.15) is 11.3 Å². The molecule has 1 aromatic carbocycles. The molecule has 2 unspecified atom stereocenters. The van der Waals surface area contributed by atoms with Crippen LogP contribution in [0, 0.1) is 11.6 Å². The molecule has 19 heavy (non-hydrogen) atoms. The summed E-state index contributed by atoms with van der Waals surface area (Å²) in [6.07, 6.45) is -0.881. The third-order valence-electron chi connectivity index (χ3n) is 2.97. The molecule has 0 fully saturated rings. The van der Waals surface area contributed by atoms with Crippen LogP contribution in [-0.2, 0) is 6.54 Å². The zero-order chi connectivity index (χ0) is 13.8. The SMILES string of the molecule is CC(NCc1ccsc1)C(O)c1ccc(F)c(F)c1. The molecule has 2 atom stereocenters. The Morgan fingerprint density at radius 3 is 2.68 bits per heavy atom. The number of hydrogen-bond donors (Lipinski definition) is 2. The van der Waals surface area contributed by atoms with E-state index < -0.39 is 17.7 Å². The Bertz CT molecular complexity index is 530. The maximum absolute atomic E-state index is 13.1. The first kappa shape index (κ1) is 14.1. The summed E-state index contributed by atoms with van der Waals surface area (Å²) in [4.78, 5) is 0. The number of thiophene rings is 1. The minimum atomic E-state index is -0.943. The zero-order valence-electron chi connectivity index (χ0n) is 10.4. The molecule has 0 amide bonds. The highest BCUT2D eigenvalue weighted by Gasteiger charge is 2.17. The van der Waals surface area contributed by atoms with Crippen molar-refractivity contribution in [1.82, 2.24) is 5.32 Å². The predicted molar refractivity (Wildman–Crippen MR) is 71.9 cm³/mol. The highest BCUT2D eigenvalue weighted by Crippen LogP contribution is 2.19. The van der Waals surface area contributed by atoms with Gasteiger partial charge >= 0.3 is 0 Å². The van der Waals surface area contributed by atoms with Gasteiger partial charge in [-0.05, 0) is 47.0 Å². The van der Waals surface area contributed by atoms with Crippen molar-refractivity contribution in [2.45, 2.75) is 25.6 Å². The number of nitrogens with one attached hydrogen (secondary N) is 1. The Morgan fingerprint density at radius 1 is 1.26 bits per heavy atom. The first-order chi connectivity index (χ1) is 9.08. The smallest absolute Gasteiger partial charge is 0.159 e. The number of halogens is 2. The highest BCUT2D eigenvalue weighted by molar-refractivity contribution is 7.07. The quantitative estimate of drug-likeness (QED) is 0.883. The second kappa shape index (κ2) is 6.23. The summed E-state index contributed by atoms with van der Waals surface area (Å²) in [6.45, 7) is 2.43. The first-order valence-electron chi connectivity index (χ1n) is 5.95. The lowest BCUT2D eigenvalue weighted by atomic mass is 10.0. The maximum atomic E-state index is 13.1. The maximum Gasteiger partial charge on any atom is 0.159 e. The molecular weight excluding hydrogens is 268 g/mol. The molecule has 0 saturated carbocycles. The molecule has 0 aliphatic heterocycles. The minimum absolute atomic E-state index is 0.259. The van der Waals surface area contributed by atoms with Crippen molar-refractivity contribution >= 4 is 11.3 Å². The Labute approximate surface area is 114 Å². The normalized spacial score (nSPS) is 14.3. The molecule has 2 rings (SSSR count). The van der Waals surface area contributed by atoms with E-state index in [4.69, 9.17) is 0 Å². The van der Waals surface area contributed by atoms with Crippen LogP contribution >= 0.6 is 11.3 Å². The highest BCUT2D eigenvalue weighted by atomic mass is 32.1. The van der Waals surface area contributed by atoms with Crippen LogP contribution in [0.4, 0.5) is 8.78 Å². The van der Waals surface area contributed by atoms with Gasteiger partial charge < -0.3 is 10.4 Å². The molecule has 2 nitrogen and oxygen atoms in total. The summed E-state index contributed by atoms with van der Waals surface area (Å²) in [5.41, 5.74) is 1.50. The number of aliphatic hydroxyl groups excluding tert-OH is 1. The van der Waals surface area contributed by atoms with E-state index in [1.807, 2.05) is 16.8 Å². The second-order valence-corrected chi connectivity index (χ2v) is 5.20. The van der Waals surface area contributed by atoms with Crippen LogP contribution in [0.1, 0.15) is 24.2 Å². The van der Waals surface area contributed by atoms with Crippen molar-refractivity contribution in [2.24, 2.45) is 0 Å². The summed E-state index contributed by atoms with van der Waals surface area (Å²) in [6, 6.07) is 5.19. The standard InChI is InChI=1S/C14H15F2NOS/c1-9(17-7-10-4-5-19-8-10)14(18)11-2-3-12(15)13(16)6-11/h2-6,8-9,14,17-18H,7H2,1H3. The molecule has 5 heteroatoms. The van der Waals surface area contributed by atoms with Gasteiger partial charge in [0.2, 0.25) is 0 Å². The van der Waals surface area contributed by atoms with Crippen LogP contribution in [0.15, 0.2) is 35.0 Å². The van der Waals surface area contributed by atoms with Gasteiger partial charge in [-0.15, -0.1) is 0 Å². The molecule has 2 N–H and O–H groups in total. The lowest BCUT2D eigenvalue weighted by molar-refractivity contribution is 0.135. The summed E-state index contributed by atoms with van der Waals surface area (Å²) in [5.74, 6) is -1.85. The minimum Gasteiger partial charge on any atom is -0.387 e. The molecule has 2 aromatic rings. The number of aliphatic hydroxyl groups is 1. The van der Waals surface area contributed by atoms with Gasteiger partial charge in [-0.1, -0.05) is 6.07 Å². The van der Waals surface area contributed by atoms with Crippen LogP contribution in [0.2, 0.25) is 0 Å². The summed E-state index contributed by atoms with van der Waals surface area (Å²) < 4.78 is 25.9. The van der Waals surface area contributed by atoms with Crippen LogP contribution in [0.5, 0.6) is 0 Å². The molecule has 0 aliphatic rings. The number of rotatable bonds is 5. The Morgan fingerprint density at radius 2 is 2.05 bits per heavy atom. The van der Waals surface area contributed by atoms with Gasteiger partial charge in [0.05, 0.1) is 6.10 Å². The molecule has 0 spiro atoms. The molecule has 1 aromatic heterocycles. The third-order valence-corrected chi connectivity index (χ3v) is 3.70. The molecule has 0 bridgehead atoms. The van der Waals surface area contributed by atoms with Gasteiger partial charge in [0, 0.05) is 12.6 Å². The fraction of sp³-hybridized carbons (Fsp3) is 0.286. The van der Waals surface area contributed by atoms with E-state index in [0.29, 0.717) is 12.1 Å².